The summed E-state index contributed by atoms with van der Waals surface area (Å²) in [6, 6.07) is 13.7. The largest absolute Gasteiger partial charge is 0.478 e. The van der Waals surface area contributed by atoms with Gasteiger partial charge in [0.05, 0.1) is 18.5 Å². The van der Waals surface area contributed by atoms with Crippen LogP contribution in [0.5, 0.6) is 0 Å². The summed E-state index contributed by atoms with van der Waals surface area (Å²) in [4.78, 5) is 37.6. The minimum Gasteiger partial charge on any atom is -0.478 e. The molecule has 0 aliphatic heterocycles. The molecule has 0 heterocycles. The predicted octanol–water partition coefficient (Wildman–Crippen LogP) is 3.11. The lowest BCUT2D eigenvalue weighted by molar-refractivity contribution is -0.134. The van der Waals surface area contributed by atoms with E-state index in [9.17, 15) is 14.4 Å². The monoisotopic (exact) mass is 368 g/mol. The Morgan fingerprint density at radius 3 is 2.48 bits per heavy atom. The maximum atomic E-state index is 12.6. The van der Waals surface area contributed by atoms with Gasteiger partial charge in [0.1, 0.15) is 0 Å². The molecule has 2 rings (SSSR count). The SMILES string of the molecule is CCCN(CC(=O)Nc1ccccc1C)C(=O)Cc1cccc(C(=O)O)c1. The number of carboxylic acid groups (broad SMARTS) is 1. The number of carbonyl (C=O) groups is 3. The molecular formula is C21H24N2O4. The first-order valence-electron chi connectivity index (χ1n) is 8.86. The molecule has 0 atom stereocenters. The maximum Gasteiger partial charge on any atom is 0.335 e. The summed E-state index contributed by atoms with van der Waals surface area (Å²) in [6.45, 7) is 4.25. The Bertz CT molecular complexity index is 832. The van der Waals surface area contributed by atoms with E-state index < -0.39 is 5.97 Å². The van der Waals surface area contributed by atoms with Gasteiger partial charge in [-0.2, -0.15) is 0 Å². The number of carbonyl (C=O) groups excluding carboxylic acids is 2. The van der Waals surface area contributed by atoms with Gasteiger partial charge < -0.3 is 15.3 Å². The van der Waals surface area contributed by atoms with Gasteiger partial charge >= 0.3 is 5.97 Å². The Kier molecular flexibility index (Phi) is 7.11. The summed E-state index contributed by atoms with van der Waals surface area (Å²) in [7, 11) is 0. The zero-order chi connectivity index (χ0) is 19.8. The van der Waals surface area contributed by atoms with Crippen molar-refractivity contribution in [2.45, 2.75) is 26.7 Å². The van der Waals surface area contributed by atoms with Gasteiger partial charge in [-0.05, 0) is 42.7 Å². The van der Waals surface area contributed by atoms with E-state index in [1.165, 1.54) is 17.0 Å². The van der Waals surface area contributed by atoms with Crippen molar-refractivity contribution in [1.29, 1.82) is 0 Å². The number of benzene rings is 2. The number of aryl methyl sites for hydroxylation is 1. The van der Waals surface area contributed by atoms with Gasteiger partial charge in [-0.25, -0.2) is 4.79 Å². The van der Waals surface area contributed by atoms with E-state index in [0.29, 0.717) is 12.1 Å². The third-order valence-electron chi connectivity index (χ3n) is 4.13. The first kappa shape index (κ1) is 20.2. The number of hydrogen-bond acceptors (Lipinski definition) is 3. The molecule has 2 N–H and O–H groups in total. The average Bonchev–Trinajstić information content (AvgIpc) is 2.63. The molecule has 2 amide bonds. The number of aromatic carboxylic acids is 1. The Hall–Kier alpha value is -3.15. The minimum absolute atomic E-state index is 0.0420. The zero-order valence-corrected chi connectivity index (χ0v) is 15.6. The van der Waals surface area contributed by atoms with E-state index >= 15 is 0 Å². The molecular weight excluding hydrogens is 344 g/mol. The van der Waals surface area contributed by atoms with Crippen LogP contribution in [0, 0.1) is 6.92 Å². The van der Waals surface area contributed by atoms with Crippen LogP contribution in [0.1, 0.15) is 34.8 Å². The highest BCUT2D eigenvalue weighted by molar-refractivity contribution is 5.95. The number of hydrogen-bond donors (Lipinski definition) is 2. The Morgan fingerprint density at radius 2 is 1.81 bits per heavy atom. The topological polar surface area (TPSA) is 86.7 Å². The lowest BCUT2D eigenvalue weighted by Gasteiger charge is -2.22. The first-order chi connectivity index (χ1) is 12.9. The molecule has 0 bridgehead atoms. The van der Waals surface area contributed by atoms with Crippen molar-refractivity contribution in [3.05, 3.63) is 65.2 Å². The quantitative estimate of drug-likeness (QED) is 0.749. The lowest BCUT2D eigenvalue weighted by atomic mass is 10.1. The van der Waals surface area contributed by atoms with E-state index in [1.54, 1.807) is 12.1 Å². The van der Waals surface area contributed by atoms with Gasteiger partial charge in [0.15, 0.2) is 0 Å². The standard InChI is InChI=1S/C21H24N2O4/c1-3-11-23(14-19(24)22-18-10-5-4-7-15(18)2)20(25)13-16-8-6-9-17(12-16)21(26)27/h4-10,12H,3,11,13-14H2,1-2H3,(H,22,24)(H,26,27). The summed E-state index contributed by atoms with van der Waals surface area (Å²) < 4.78 is 0. The summed E-state index contributed by atoms with van der Waals surface area (Å²) in [6.07, 6.45) is 0.775. The molecule has 142 valence electrons. The van der Waals surface area contributed by atoms with Crippen LogP contribution < -0.4 is 5.32 Å². The number of carboxylic acids is 1. The predicted molar refractivity (Wildman–Crippen MR) is 104 cm³/mol. The van der Waals surface area contributed by atoms with Crippen LogP contribution in [-0.4, -0.2) is 40.9 Å². The summed E-state index contributed by atoms with van der Waals surface area (Å²) in [5.41, 5.74) is 2.42. The molecule has 0 aliphatic rings. The van der Waals surface area contributed by atoms with E-state index in [0.717, 1.165) is 17.7 Å². The van der Waals surface area contributed by atoms with Crippen LogP contribution in [0.3, 0.4) is 0 Å². The van der Waals surface area contributed by atoms with Crippen molar-refractivity contribution in [2.24, 2.45) is 0 Å². The highest BCUT2D eigenvalue weighted by Gasteiger charge is 2.18. The molecule has 0 unspecified atom stereocenters. The second kappa shape index (κ2) is 9.52. The molecule has 0 fully saturated rings. The molecule has 0 saturated carbocycles. The third kappa shape index (κ3) is 5.95. The molecule has 0 saturated heterocycles. The molecule has 0 spiro atoms. The van der Waals surface area contributed by atoms with Crippen LogP contribution in [0.15, 0.2) is 48.5 Å². The summed E-state index contributed by atoms with van der Waals surface area (Å²) in [5.74, 6) is -1.50. The van der Waals surface area contributed by atoms with Crippen molar-refractivity contribution in [3.63, 3.8) is 0 Å². The Balaban J connectivity index is 2.04. The van der Waals surface area contributed by atoms with Crippen LogP contribution in [0.4, 0.5) is 5.69 Å². The van der Waals surface area contributed by atoms with Crippen molar-refractivity contribution in [1.82, 2.24) is 4.90 Å². The Labute approximate surface area is 158 Å². The lowest BCUT2D eigenvalue weighted by Crippen LogP contribution is -2.39. The summed E-state index contributed by atoms with van der Waals surface area (Å²) >= 11 is 0. The van der Waals surface area contributed by atoms with Crippen molar-refractivity contribution >= 4 is 23.5 Å². The zero-order valence-electron chi connectivity index (χ0n) is 15.6. The van der Waals surface area contributed by atoms with Crippen molar-refractivity contribution in [3.8, 4) is 0 Å². The van der Waals surface area contributed by atoms with Gasteiger partial charge in [0.25, 0.3) is 0 Å². The fraction of sp³-hybridized carbons (Fsp3) is 0.286. The Morgan fingerprint density at radius 1 is 1.07 bits per heavy atom. The number of para-hydroxylation sites is 1. The maximum absolute atomic E-state index is 12.6. The normalized spacial score (nSPS) is 10.3. The van der Waals surface area contributed by atoms with Crippen LogP contribution in [0.2, 0.25) is 0 Å². The van der Waals surface area contributed by atoms with Gasteiger partial charge in [0.2, 0.25) is 11.8 Å². The van der Waals surface area contributed by atoms with Crippen LogP contribution >= 0.6 is 0 Å². The molecule has 2 aromatic rings. The van der Waals surface area contributed by atoms with Gasteiger partial charge in [-0.15, -0.1) is 0 Å². The summed E-state index contributed by atoms with van der Waals surface area (Å²) in [5, 5.41) is 11.9. The number of amides is 2. The van der Waals surface area contributed by atoms with E-state index in [-0.39, 0.29) is 30.3 Å². The fourth-order valence-corrected chi connectivity index (χ4v) is 2.74. The van der Waals surface area contributed by atoms with Crippen LogP contribution in [0.25, 0.3) is 0 Å². The second-order valence-corrected chi connectivity index (χ2v) is 6.36. The fourth-order valence-electron chi connectivity index (χ4n) is 2.74. The molecule has 2 aromatic carbocycles. The van der Waals surface area contributed by atoms with E-state index in [4.69, 9.17) is 5.11 Å². The smallest absolute Gasteiger partial charge is 0.335 e. The first-order valence-corrected chi connectivity index (χ1v) is 8.86. The van der Waals surface area contributed by atoms with Crippen LogP contribution in [-0.2, 0) is 16.0 Å². The minimum atomic E-state index is -1.03. The van der Waals surface area contributed by atoms with Gasteiger partial charge in [0, 0.05) is 12.2 Å². The van der Waals surface area contributed by atoms with Crippen molar-refractivity contribution in [2.75, 3.05) is 18.4 Å². The van der Waals surface area contributed by atoms with E-state index in [1.807, 2.05) is 38.1 Å². The second-order valence-electron chi connectivity index (χ2n) is 6.36. The van der Waals surface area contributed by atoms with Gasteiger partial charge in [-0.1, -0.05) is 37.3 Å². The van der Waals surface area contributed by atoms with Crippen molar-refractivity contribution < 1.29 is 19.5 Å². The number of anilines is 1. The molecule has 6 nitrogen and oxygen atoms in total. The molecule has 0 aliphatic carbocycles. The highest BCUT2D eigenvalue weighted by Crippen LogP contribution is 2.13. The molecule has 0 radical (unpaired) electrons. The molecule has 6 heteroatoms. The number of nitrogens with zero attached hydrogens (tertiary/aromatic N) is 1. The number of nitrogens with one attached hydrogen (secondary N) is 1. The third-order valence-corrected chi connectivity index (χ3v) is 4.13. The van der Waals surface area contributed by atoms with Gasteiger partial charge in [-0.3, -0.25) is 9.59 Å². The molecule has 0 aromatic heterocycles. The van der Waals surface area contributed by atoms with E-state index in [2.05, 4.69) is 5.32 Å². The number of rotatable bonds is 8. The molecule has 27 heavy (non-hydrogen) atoms. The highest BCUT2D eigenvalue weighted by atomic mass is 16.4. The average molecular weight is 368 g/mol.